The topological polar surface area (TPSA) is 40.7 Å². The van der Waals surface area contributed by atoms with Gasteiger partial charge < -0.3 is 10.3 Å². The summed E-state index contributed by atoms with van der Waals surface area (Å²) in [7, 11) is 0. The fourth-order valence-electron chi connectivity index (χ4n) is 2.59. The Morgan fingerprint density at radius 1 is 1.38 bits per heavy atom. The van der Waals surface area contributed by atoms with E-state index in [2.05, 4.69) is 28.4 Å². The Morgan fingerprint density at radius 2 is 2.12 bits per heavy atom. The summed E-state index contributed by atoms with van der Waals surface area (Å²) < 4.78 is 0. The summed E-state index contributed by atoms with van der Waals surface area (Å²) >= 11 is 0. The van der Waals surface area contributed by atoms with Crippen molar-refractivity contribution < 1.29 is 0 Å². The van der Waals surface area contributed by atoms with Crippen LogP contribution in [0.3, 0.4) is 0 Å². The van der Waals surface area contributed by atoms with Crippen molar-refractivity contribution in [3.05, 3.63) is 17.7 Å². The molecule has 3 nitrogen and oxygen atoms in total. The summed E-state index contributed by atoms with van der Waals surface area (Å²) in [6.45, 7) is 4.68. The first-order valence-corrected chi connectivity index (χ1v) is 6.51. The van der Waals surface area contributed by atoms with Gasteiger partial charge in [0.25, 0.3) is 0 Å². The SMILES string of the molecule is CC1(c2cnc(CC3CCNCC3)[nH]2)CC1. The van der Waals surface area contributed by atoms with Crippen LogP contribution in [0, 0.1) is 5.92 Å². The molecule has 1 saturated heterocycles. The second kappa shape index (κ2) is 3.88. The smallest absolute Gasteiger partial charge is 0.106 e. The van der Waals surface area contributed by atoms with Gasteiger partial charge >= 0.3 is 0 Å². The highest BCUT2D eigenvalue weighted by Crippen LogP contribution is 2.46. The Kier molecular flexibility index (Phi) is 2.51. The van der Waals surface area contributed by atoms with Crippen LogP contribution in [0.15, 0.2) is 6.20 Å². The van der Waals surface area contributed by atoms with Crippen LogP contribution in [0.2, 0.25) is 0 Å². The van der Waals surface area contributed by atoms with Crippen molar-refractivity contribution in [2.75, 3.05) is 13.1 Å². The van der Waals surface area contributed by atoms with Crippen molar-refractivity contribution in [1.82, 2.24) is 15.3 Å². The fourth-order valence-corrected chi connectivity index (χ4v) is 2.59. The van der Waals surface area contributed by atoms with Crippen molar-refractivity contribution in [1.29, 1.82) is 0 Å². The molecule has 2 N–H and O–H groups in total. The van der Waals surface area contributed by atoms with Gasteiger partial charge in [-0.15, -0.1) is 0 Å². The zero-order valence-corrected chi connectivity index (χ0v) is 10.1. The molecule has 1 aliphatic heterocycles. The molecular formula is C13H21N3. The molecule has 1 aromatic rings. The molecule has 0 bridgehead atoms. The van der Waals surface area contributed by atoms with E-state index < -0.39 is 0 Å². The molecule has 0 unspecified atom stereocenters. The first kappa shape index (κ1) is 10.3. The van der Waals surface area contributed by atoms with Gasteiger partial charge in [0.15, 0.2) is 0 Å². The van der Waals surface area contributed by atoms with E-state index in [-0.39, 0.29) is 0 Å². The van der Waals surface area contributed by atoms with E-state index in [0.29, 0.717) is 5.41 Å². The second-order valence-corrected chi connectivity index (χ2v) is 5.70. The van der Waals surface area contributed by atoms with Gasteiger partial charge in [-0.1, -0.05) is 6.92 Å². The lowest BCUT2D eigenvalue weighted by Gasteiger charge is -2.21. The van der Waals surface area contributed by atoms with Gasteiger partial charge in [-0.3, -0.25) is 0 Å². The Bertz CT molecular complexity index is 359. The predicted molar refractivity (Wildman–Crippen MR) is 64.5 cm³/mol. The standard InChI is InChI=1S/C13H21N3/c1-13(4-5-13)11-9-15-12(16-11)8-10-2-6-14-7-3-10/h9-10,14H,2-8H2,1H3,(H,15,16). The highest BCUT2D eigenvalue weighted by Gasteiger charge is 2.40. The van der Waals surface area contributed by atoms with Gasteiger partial charge in [0, 0.05) is 23.7 Å². The lowest BCUT2D eigenvalue weighted by Crippen LogP contribution is -2.28. The Balaban J connectivity index is 1.63. The summed E-state index contributed by atoms with van der Waals surface area (Å²) in [5.74, 6) is 2.03. The van der Waals surface area contributed by atoms with Crippen LogP contribution >= 0.6 is 0 Å². The number of hydrogen-bond donors (Lipinski definition) is 2. The van der Waals surface area contributed by atoms with E-state index in [1.165, 1.54) is 50.3 Å². The second-order valence-electron chi connectivity index (χ2n) is 5.70. The predicted octanol–water partition coefficient (Wildman–Crippen LogP) is 2.00. The van der Waals surface area contributed by atoms with Crippen molar-refractivity contribution in [3.63, 3.8) is 0 Å². The van der Waals surface area contributed by atoms with E-state index in [4.69, 9.17) is 0 Å². The number of imidazole rings is 1. The van der Waals surface area contributed by atoms with Gasteiger partial charge in [-0.25, -0.2) is 4.98 Å². The first-order chi connectivity index (χ1) is 7.76. The third kappa shape index (κ3) is 2.01. The highest BCUT2D eigenvalue weighted by molar-refractivity contribution is 5.21. The maximum Gasteiger partial charge on any atom is 0.106 e. The van der Waals surface area contributed by atoms with E-state index in [0.717, 1.165) is 12.3 Å². The van der Waals surface area contributed by atoms with E-state index in [1.807, 2.05) is 0 Å². The molecule has 1 aliphatic carbocycles. The number of aromatic amines is 1. The van der Waals surface area contributed by atoms with Crippen molar-refractivity contribution in [2.45, 2.75) is 44.4 Å². The maximum absolute atomic E-state index is 4.54. The quantitative estimate of drug-likeness (QED) is 0.816. The molecule has 0 aromatic carbocycles. The third-order valence-corrected chi connectivity index (χ3v) is 4.22. The lowest BCUT2D eigenvalue weighted by atomic mass is 9.94. The van der Waals surface area contributed by atoms with Crippen molar-refractivity contribution >= 4 is 0 Å². The Hall–Kier alpha value is -0.830. The van der Waals surface area contributed by atoms with Crippen LogP contribution in [0.5, 0.6) is 0 Å². The van der Waals surface area contributed by atoms with Crippen LogP contribution in [-0.4, -0.2) is 23.1 Å². The normalized spacial score (nSPS) is 24.6. The molecule has 2 fully saturated rings. The van der Waals surface area contributed by atoms with E-state index in [9.17, 15) is 0 Å². The molecule has 1 aromatic heterocycles. The minimum atomic E-state index is 0.430. The van der Waals surface area contributed by atoms with Crippen LogP contribution in [0.4, 0.5) is 0 Å². The first-order valence-electron chi connectivity index (χ1n) is 6.51. The lowest BCUT2D eigenvalue weighted by molar-refractivity contribution is 0.368. The minimum absolute atomic E-state index is 0.430. The third-order valence-electron chi connectivity index (χ3n) is 4.22. The number of piperidine rings is 1. The molecule has 2 aliphatic rings. The van der Waals surface area contributed by atoms with Crippen LogP contribution < -0.4 is 5.32 Å². The minimum Gasteiger partial charge on any atom is -0.345 e. The molecule has 2 heterocycles. The number of hydrogen-bond acceptors (Lipinski definition) is 2. The Morgan fingerprint density at radius 3 is 2.81 bits per heavy atom. The van der Waals surface area contributed by atoms with E-state index >= 15 is 0 Å². The molecule has 0 atom stereocenters. The van der Waals surface area contributed by atoms with Gasteiger partial charge in [-0.2, -0.15) is 0 Å². The number of nitrogens with one attached hydrogen (secondary N) is 2. The largest absolute Gasteiger partial charge is 0.345 e. The summed E-state index contributed by atoms with van der Waals surface area (Å²) in [5, 5.41) is 3.41. The zero-order valence-electron chi connectivity index (χ0n) is 10.1. The molecule has 3 rings (SSSR count). The number of aromatic nitrogens is 2. The van der Waals surface area contributed by atoms with E-state index in [1.54, 1.807) is 0 Å². The molecular weight excluding hydrogens is 198 g/mol. The van der Waals surface area contributed by atoms with Crippen molar-refractivity contribution in [2.24, 2.45) is 5.92 Å². The number of H-pyrrole nitrogens is 1. The molecule has 16 heavy (non-hydrogen) atoms. The number of nitrogens with zero attached hydrogens (tertiary/aromatic N) is 1. The molecule has 0 amide bonds. The maximum atomic E-state index is 4.54. The van der Waals surface area contributed by atoms with Crippen LogP contribution in [-0.2, 0) is 11.8 Å². The number of rotatable bonds is 3. The molecule has 0 spiro atoms. The summed E-state index contributed by atoms with van der Waals surface area (Å²) in [6, 6.07) is 0. The van der Waals surface area contributed by atoms with Gasteiger partial charge in [0.1, 0.15) is 5.82 Å². The van der Waals surface area contributed by atoms with Gasteiger partial charge in [0.2, 0.25) is 0 Å². The monoisotopic (exact) mass is 219 g/mol. The average molecular weight is 219 g/mol. The van der Waals surface area contributed by atoms with Gasteiger partial charge in [-0.05, 0) is 44.7 Å². The average Bonchev–Trinajstić information content (AvgIpc) is 2.88. The molecule has 3 heteroatoms. The summed E-state index contributed by atoms with van der Waals surface area (Å²) in [4.78, 5) is 8.07. The molecule has 0 radical (unpaired) electrons. The van der Waals surface area contributed by atoms with Crippen LogP contribution in [0.1, 0.15) is 44.1 Å². The highest BCUT2D eigenvalue weighted by atomic mass is 14.9. The molecule has 1 saturated carbocycles. The molecule has 88 valence electrons. The van der Waals surface area contributed by atoms with Crippen LogP contribution in [0.25, 0.3) is 0 Å². The Labute approximate surface area is 97.0 Å². The fraction of sp³-hybridized carbons (Fsp3) is 0.769. The summed E-state index contributed by atoms with van der Waals surface area (Å²) in [5.41, 5.74) is 1.79. The summed E-state index contributed by atoms with van der Waals surface area (Å²) in [6.07, 6.45) is 8.44. The van der Waals surface area contributed by atoms with Gasteiger partial charge in [0.05, 0.1) is 0 Å². The zero-order chi connectivity index (χ0) is 11.0. The van der Waals surface area contributed by atoms with Crippen molar-refractivity contribution in [3.8, 4) is 0 Å².